The number of benzene rings is 1. The summed E-state index contributed by atoms with van der Waals surface area (Å²) in [6.45, 7) is 2.48. The van der Waals surface area contributed by atoms with Gasteiger partial charge < -0.3 is 10.6 Å². The first kappa shape index (κ1) is 14.6. The van der Waals surface area contributed by atoms with E-state index in [1.165, 1.54) is 32.1 Å². The molecule has 114 valence electrons. The van der Waals surface area contributed by atoms with Gasteiger partial charge in [-0.05, 0) is 49.3 Å². The molecule has 1 aliphatic carbocycles. The fourth-order valence-corrected chi connectivity index (χ4v) is 4.06. The van der Waals surface area contributed by atoms with Crippen molar-refractivity contribution < 1.29 is 4.79 Å². The van der Waals surface area contributed by atoms with Crippen LogP contribution in [0.1, 0.15) is 48.0 Å². The maximum atomic E-state index is 12.9. The molecule has 0 aromatic heterocycles. The van der Waals surface area contributed by atoms with Gasteiger partial charge >= 0.3 is 0 Å². The van der Waals surface area contributed by atoms with Crippen LogP contribution in [0.3, 0.4) is 0 Å². The summed E-state index contributed by atoms with van der Waals surface area (Å²) in [6.07, 6.45) is 7.37. The van der Waals surface area contributed by atoms with Crippen molar-refractivity contribution in [2.75, 3.05) is 19.6 Å². The van der Waals surface area contributed by atoms with Crippen molar-refractivity contribution in [3.05, 3.63) is 35.4 Å². The highest BCUT2D eigenvalue weighted by Crippen LogP contribution is 2.36. The van der Waals surface area contributed by atoms with Gasteiger partial charge in [0, 0.05) is 18.7 Å². The van der Waals surface area contributed by atoms with Crippen molar-refractivity contribution in [1.29, 1.82) is 0 Å². The van der Waals surface area contributed by atoms with Crippen molar-refractivity contribution in [1.82, 2.24) is 4.90 Å². The van der Waals surface area contributed by atoms with Crippen LogP contribution in [-0.2, 0) is 6.42 Å². The summed E-state index contributed by atoms with van der Waals surface area (Å²) in [5.41, 5.74) is 7.62. The molecule has 2 atom stereocenters. The van der Waals surface area contributed by atoms with Gasteiger partial charge in [0.05, 0.1) is 0 Å². The van der Waals surface area contributed by atoms with E-state index in [0.29, 0.717) is 6.54 Å². The molecule has 1 saturated carbocycles. The van der Waals surface area contributed by atoms with Crippen LogP contribution >= 0.6 is 0 Å². The lowest BCUT2D eigenvalue weighted by Gasteiger charge is -2.41. The fourth-order valence-electron chi connectivity index (χ4n) is 4.06. The largest absolute Gasteiger partial charge is 0.338 e. The van der Waals surface area contributed by atoms with E-state index in [9.17, 15) is 4.79 Å². The third kappa shape index (κ3) is 3.13. The van der Waals surface area contributed by atoms with Crippen molar-refractivity contribution in [3.63, 3.8) is 0 Å². The van der Waals surface area contributed by atoms with Crippen LogP contribution < -0.4 is 5.73 Å². The number of nitrogens with two attached hydrogens (primary N) is 1. The number of nitrogens with zero attached hydrogens (tertiary/aromatic N) is 1. The standard InChI is InChI=1S/C18H26N2O/c19-11-9-15-6-3-4-8-17(15)18(21)20-12-10-14-5-1-2-7-16(14)13-20/h3-4,6,8,14,16H,1-2,5,7,9-13,19H2. The van der Waals surface area contributed by atoms with Gasteiger partial charge in [-0.15, -0.1) is 0 Å². The molecule has 3 nitrogen and oxygen atoms in total. The van der Waals surface area contributed by atoms with Gasteiger partial charge in [-0.25, -0.2) is 0 Å². The predicted octanol–water partition coefficient (Wildman–Crippen LogP) is 2.84. The molecule has 1 aromatic rings. The minimum atomic E-state index is 0.211. The molecule has 1 saturated heterocycles. The topological polar surface area (TPSA) is 46.3 Å². The minimum absolute atomic E-state index is 0.211. The molecule has 2 fully saturated rings. The number of carbonyl (C=O) groups is 1. The monoisotopic (exact) mass is 286 g/mol. The van der Waals surface area contributed by atoms with Crippen LogP contribution in [0.2, 0.25) is 0 Å². The molecule has 1 heterocycles. The quantitative estimate of drug-likeness (QED) is 0.928. The van der Waals surface area contributed by atoms with Crippen molar-refractivity contribution in [2.24, 2.45) is 17.6 Å². The molecule has 2 unspecified atom stereocenters. The summed E-state index contributed by atoms with van der Waals surface area (Å²) in [5, 5.41) is 0. The Morgan fingerprint density at radius 1 is 1.14 bits per heavy atom. The Balaban J connectivity index is 1.73. The van der Waals surface area contributed by atoms with E-state index in [4.69, 9.17) is 5.73 Å². The van der Waals surface area contributed by atoms with Gasteiger partial charge in [-0.3, -0.25) is 4.79 Å². The maximum Gasteiger partial charge on any atom is 0.254 e. The predicted molar refractivity (Wildman–Crippen MR) is 85.2 cm³/mol. The van der Waals surface area contributed by atoms with E-state index in [2.05, 4.69) is 4.90 Å². The third-order valence-electron chi connectivity index (χ3n) is 5.24. The molecule has 0 spiro atoms. The highest BCUT2D eigenvalue weighted by molar-refractivity contribution is 5.95. The number of rotatable bonds is 3. The summed E-state index contributed by atoms with van der Waals surface area (Å²) in [6, 6.07) is 7.95. The summed E-state index contributed by atoms with van der Waals surface area (Å²) < 4.78 is 0. The molecule has 3 heteroatoms. The first-order chi connectivity index (χ1) is 10.3. The van der Waals surface area contributed by atoms with Gasteiger partial charge in [-0.1, -0.05) is 37.5 Å². The molecule has 1 aromatic carbocycles. The fraction of sp³-hybridized carbons (Fsp3) is 0.611. The molecule has 3 rings (SSSR count). The summed E-state index contributed by atoms with van der Waals surface area (Å²) in [5.74, 6) is 1.81. The zero-order valence-corrected chi connectivity index (χ0v) is 12.8. The maximum absolute atomic E-state index is 12.9. The number of piperidine rings is 1. The molecule has 0 bridgehead atoms. The van der Waals surface area contributed by atoms with Gasteiger partial charge in [0.25, 0.3) is 5.91 Å². The summed E-state index contributed by atoms with van der Waals surface area (Å²) >= 11 is 0. The third-order valence-corrected chi connectivity index (χ3v) is 5.24. The molecule has 2 aliphatic rings. The van der Waals surface area contributed by atoms with E-state index in [1.54, 1.807) is 0 Å². The van der Waals surface area contributed by atoms with Crippen LogP contribution in [0.15, 0.2) is 24.3 Å². The number of likely N-dealkylation sites (tertiary alicyclic amines) is 1. The second-order valence-corrected chi connectivity index (χ2v) is 6.54. The van der Waals surface area contributed by atoms with Gasteiger partial charge in [0.15, 0.2) is 0 Å². The molecular weight excluding hydrogens is 260 g/mol. The molecule has 21 heavy (non-hydrogen) atoms. The number of hydrogen-bond donors (Lipinski definition) is 1. The normalized spacial score (nSPS) is 25.5. The van der Waals surface area contributed by atoms with Crippen LogP contribution in [0, 0.1) is 11.8 Å². The van der Waals surface area contributed by atoms with Gasteiger partial charge in [0.1, 0.15) is 0 Å². The molecular formula is C18H26N2O. The molecule has 2 N–H and O–H groups in total. The van der Waals surface area contributed by atoms with E-state index in [1.807, 2.05) is 24.3 Å². The summed E-state index contributed by atoms with van der Waals surface area (Å²) in [4.78, 5) is 14.9. The van der Waals surface area contributed by atoms with E-state index >= 15 is 0 Å². The smallest absolute Gasteiger partial charge is 0.254 e. The first-order valence-corrected chi connectivity index (χ1v) is 8.37. The zero-order chi connectivity index (χ0) is 14.7. The van der Waals surface area contributed by atoms with E-state index < -0.39 is 0 Å². The van der Waals surface area contributed by atoms with E-state index in [-0.39, 0.29) is 5.91 Å². The Morgan fingerprint density at radius 2 is 1.90 bits per heavy atom. The Hall–Kier alpha value is -1.35. The Morgan fingerprint density at radius 3 is 2.71 bits per heavy atom. The van der Waals surface area contributed by atoms with Crippen LogP contribution in [0.25, 0.3) is 0 Å². The Bertz CT molecular complexity index is 500. The molecule has 1 amide bonds. The lowest BCUT2D eigenvalue weighted by Crippen LogP contribution is -2.45. The van der Waals surface area contributed by atoms with Crippen molar-refractivity contribution in [3.8, 4) is 0 Å². The minimum Gasteiger partial charge on any atom is -0.338 e. The van der Waals surface area contributed by atoms with E-state index in [0.717, 1.165) is 42.5 Å². The number of amides is 1. The lowest BCUT2D eigenvalue weighted by atomic mass is 9.75. The number of hydrogen-bond acceptors (Lipinski definition) is 2. The lowest BCUT2D eigenvalue weighted by molar-refractivity contribution is 0.0520. The molecule has 1 aliphatic heterocycles. The van der Waals surface area contributed by atoms with Crippen molar-refractivity contribution >= 4 is 5.91 Å². The first-order valence-electron chi connectivity index (χ1n) is 8.37. The zero-order valence-electron chi connectivity index (χ0n) is 12.8. The molecule has 0 radical (unpaired) electrons. The van der Waals surface area contributed by atoms with Crippen LogP contribution in [0.4, 0.5) is 0 Å². The Labute approximate surface area is 127 Å². The average molecular weight is 286 g/mol. The van der Waals surface area contributed by atoms with Crippen LogP contribution in [-0.4, -0.2) is 30.4 Å². The van der Waals surface area contributed by atoms with Gasteiger partial charge in [-0.2, -0.15) is 0 Å². The van der Waals surface area contributed by atoms with Gasteiger partial charge in [0.2, 0.25) is 0 Å². The highest BCUT2D eigenvalue weighted by atomic mass is 16.2. The second kappa shape index (κ2) is 6.61. The van der Waals surface area contributed by atoms with Crippen LogP contribution in [0.5, 0.6) is 0 Å². The SMILES string of the molecule is NCCc1ccccc1C(=O)N1CCC2CCCCC2C1. The summed E-state index contributed by atoms with van der Waals surface area (Å²) in [7, 11) is 0. The highest BCUT2D eigenvalue weighted by Gasteiger charge is 2.33. The number of carbonyl (C=O) groups excluding carboxylic acids is 1. The van der Waals surface area contributed by atoms with Crippen molar-refractivity contribution in [2.45, 2.75) is 38.5 Å². The number of fused-ring (bicyclic) bond motifs is 1. The Kier molecular flexibility index (Phi) is 4.59. The second-order valence-electron chi connectivity index (χ2n) is 6.54. The average Bonchev–Trinajstić information content (AvgIpc) is 2.54.